The predicted octanol–water partition coefficient (Wildman–Crippen LogP) is 3.64. The first-order chi connectivity index (χ1) is 13.0. The first kappa shape index (κ1) is 19.0. The molecule has 1 amide bonds. The lowest BCUT2D eigenvalue weighted by Crippen LogP contribution is -2.25. The Labute approximate surface area is 160 Å². The number of esters is 1. The van der Waals surface area contributed by atoms with E-state index in [4.69, 9.17) is 9.26 Å². The van der Waals surface area contributed by atoms with Gasteiger partial charge in [-0.05, 0) is 45.4 Å². The summed E-state index contributed by atoms with van der Waals surface area (Å²) < 4.78 is 10.2. The summed E-state index contributed by atoms with van der Waals surface area (Å²) in [6.45, 7) is 6.29. The van der Waals surface area contributed by atoms with Crippen molar-refractivity contribution in [2.75, 3.05) is 13.2 Å². The van der Waals surface area contributed by atoms with Gasteiger partial charge >= 0.3 is 5.97 Å². The molecule has 0 aromatic carbocycles. The quantitative estimate of drug-likeness (QED) is 0.491. The van der Waals surface area contributed by atoms with Crippen LogP contribution in [-0.4, -0.2) is 35.2 Å². The van der Waals surface area contributed by atoms with E-state index < -0.39 is 0 Å². The second-order valence-electron chi connectivity index (χ2n) is 6.08. The van der Waals surface area contributed by atoms with Gasteiger partial charge in [-0.3, -0.25) is 9.59 Å². The third-order valence-electron chi connectivity index (χ3n) is 4.00. The minimum absolute atomic E-state index is 0.243. The smallest absolute Gasteiger partial charge is 0.305 e. The van der Waals surface area contributed by atoms with E-state index in [2.05, 4.69) is 15.5 Å². The number of fused-ring (bicyclic) bond motifs is 1. The van der Waals surface area contributed by atoms with Gasteiger partial charge < -0.3 is 14.6 Å². The molecule has 0 unspecified atom stereocenters. The Bertz CT molecular complexity index is 977. The SMILES string of the molecule is CCOC(=O)CCCNC(=O)c1cc(-c2ccc(C)s2)nc2onc(C)c12. The molecule has 0 radical (unpaired) electrons. The third kappa shape index (κ3) is 4.33. The molecular formula is C19H21N3O4S. The molecule has 3 heterocycles. The third-order valence-corrected chi connectivity index (χ3v) is 5.03. The fourth-order valence-electron chi connectivity index (χ4n) is 2.74. The normalized spacial score (nSPS) is 10.9. The van der Waals surface area contributed by atoms with Gasteiger partial charge in [-0.15, -0.1) is 11.3 Å². The molecule has 0 aliphatic rings. The lowest BCUT2D eigenvalue weighted by atomic mass is 10.1. The highest BCUT2D eigenvalue weighted by atomic mass is 32.1. The Morgan fingerprint density at radius 3 is 2.81 bits per heavy atom. The first-order valence-electron chi connectivity index (χ1n) is 8.77. The molecule has 0 fully saturated rings. The first-order valence-corrected chi connectivity index (χ1v) is 9.59. The Morgan fingerprint density at radius 2 is 2.11 bits per heavy atom. The molecule has 142 valence electrons. The van der Waals surface area contributed by atoms with E-state index in [1.165, 1.54) is 0 Å². The number of carbonyl (C=O) groups excluding carboxylic acids is 2. The Morgan fingerprint density at radius 1 is 1.30 bits per heavy atom. The maximum absolute atomic E-state index is 12.7. The monoisotopic (exact) mass is 387 g/mol. The number of aryl methyl sites for hydroxylation is 2. The average Bonchev–Trinajstić information content (AvgIpc) is 3.24. The highest BCUT2D eigenvalue weighted by Gasteiger charge is 2.19. The van der Waals surface area contributed by atoms with Crippen LogP contribution in [0.5, 0.6) is 0 Å². The zero-order valence-corrected chi connectivity index (χ0v) is 16.3. The van der Waals surface area contributed by atoms with Crippen LogP contribution >= 0.6 is 11.3 Å². The minimum Gasteiger partial charge on any atom is -0.466 e. The summed E-state index contributed by atoms with van der Waals surface area (Å²) in [6, 6.07) is 5.74. The number of carbonyl (C=O) groups is 2. The number of nitrogens with zero attached hydrogens (tertiary/aromatic N) is 2. The maximum Gasteiger partial charge on any atom is 0.305 e. The van der Waals surface area contributed by atoms with Gasteiger partial charge in [-0.25, -0.2) is 4.98 Å². The van der Waals surface area contributed by atoms with Crippen molar-refractivity contribution in [1.82, 2.24) is 15.5 Å². The number of aromatic nitrogens is 2. The number of amides is 1. The maximum atomic E-state index is 12.7. The molecule has 0 atom stereocenters. The second-order valence-corrected chi connectivity index (χ2v) is 7.37. The number of thiophene rings is 1. The number of hydrogen-bond acceptors (Lipinski definition) is 7. The van der Waals surface area contributed by atoms with Crippen LogP contribution in [0.15, 0.2) is 22.7 Å². The molecule has 0 saturated carbocycles. The zero-order chi connectivity index (χ0) is 19.4. The van der Waals surface area contributed by atoms with Gasteiger partial charge in [0.1, 0.15) is 0 Å². The van der Waals surface area contributed by atoms with E-state index in [-0.39, 0.29) is 18.3 Å². The standard InChI is InChI=1S/C19H21N3O4S/c1-4-25-16(23)6-5-9-20-18(24)13-10-14(15-8-7-11(2)27-15)21-19-17(13)12(3)22-26-19/h7-8,10H,4-6,9H2,1-3H3,(H,20,24). The molecule has 0 saturated heterocycles. The fourth-order valence-corrected chi connectivity index (χ4v) is 3.56. The molecule has 0 aliphatic heterocycles. The molecule has 8 heteroatoms. The second kappa shape index (κ2) is 8.30. The van der Waals surface area contributed by atoms with E-state index in [1.807, 2.05) is 19.1 Å². The van der Waals surface area contributed by atoms with Gasteiger partial charge in [0.15, 0.2) is 0 Å². The van der Waals surface area contributed by atoms with Gasteiger partial charge in [-0.1, -0.05) is 5.16 Å². The molecule has 0 aliphatic carbocycles. The highest BCUT2D eigenvalue weighted by Crippen LogP contribution is 2.30. The van der Waals surface area contributed by atoms with Gasteiger partial charge in [0, 0.05) is 17.8 Å². The fraction of sp³-hybridized carbons (Fsp3) is 0.368. The predicted molar refractivity (Wildman–Crippen MR) is 103 cm³/mol. The Hall–Kier alpha value is -2.74. The highest BCUT2D eigenvalue weighted by molar-refractivity contribution is 7.15. The van der Waals surface area contributed by atoms with Crippen molar-refractivity contribution in [1.29, 1.82) is 0 Å². The number of pyridine rings is 1. The molecule has 0 bridgehead atoms. The van der Waals surface area contributed by atoms with E-state index in [1.54, 1.807) is 31.3 Å². The van der Waals surface area contributed by atoms with Crippen LogP contribution in [0.3, 0.4) is 0 Å². The number of ether oxygens (including phenoxy) is 1. The van der Waals surface area contributed by atoms with Crippen LogP contribution in [0.2, 0.25) is 0 Å². The number of hydrogen-bond donors (Lipinski definition) is 1. The van der Waals surface area contributed by atoms with Crippen LogP contribution < -0.4 is 5.32 Å². The minimum atomic E-state index is -0.261. The molecule has 27 heavy (non-hydrogen) atoms. The van der Waals surface area contributed by atoms with Gasteiger partial charge in [0.05, 0.1) is 33.8 Å². The summed E-state index contributed by atoms with van der Waals surface area (Å²) >= 11 is 1.60. The van der Waals surface area contributed by atoms with Crippen LogP contribution in [0.25, 0.3) is 21.7 Å². The number of nitrogens with one attached hydrogen (secondary N) is 1. The molecule has 3 rings (SSSR count). The lowest BCUT2D eigenvalue weighted by molar-refractivity contribution is -0.143. The van der Waals surface area contributed by atoms with Crippen molar-refractivity contribution in [3.63, 3.8) is 0 Å². The zero-order valence-electron chi connectivity index (χ0n) is 15.5. The molecule has 0 spiro atoms. The molecule has 7 nitrogen and oxygen atoms in total. The molecular weight excluding hydrogens is 366 g/mol. The Kier molecular flexibility index (Phi) is 5.85. The van der Waals surface area contributed by atoms with Crippen molar-refractivity contribution < 1.29 is 18.8 Å². The van der Waals surface area contributed by atoms with Crippen LogP contribution in [0.4, 0.5) is 0 Å². The van der Waals surface area contributed by atoms with Crippen LogP contribution in [0.1, 0.15) is 40.7 Å². The van der Waals surface area contributed by atoms with Crippen molar-refractivity contribution >= 4 is 34.3 Å². The van der Waals surface area contributed by atoms with Crippen molar-refractivity contribution in [3.8, 4) is 10.6 Å². The van der Waals surface area contributed by atoms with Gasteiger partial charge in [0.2, 0.25) is 0 Å². The van der Waals surface area contributed by atoms with Gasteiger partial charge in [0.25, 0.3) is 11.6 Å². The van der Waals surface area contributed by atoms with Crippen LogP contribution in [0, 0.1) is 13.8 Å². The largest absolute Gasteiger partial charge is 0.466 e. The summed E-state index contributed by atoms with van der Waals surface area (Å²) in [7, 11) is 0. The van der Waals surface area contributed by atoms with E-state index >= 15 is 0 Å². The average molecular weight is 387 g/mol. The Balaban J connectivity index is 1.80. The summed E-state index contributed by atoms with van der Waals surface area (Å²) in [5.74, 6) is -0.504. The van der Waals surface area contributed by atoms with E-state index in [9.17, 15) is 9.59 Å². The summed E-state index contributed by atoms with van der Waals surface area (Å²) in [4.78, 5) is 30.7. The molecule has 3 aromatic heterocycles. The van der Waals surface area contributed by atoms with Gasteiger partial charge in [-0.2, -0.15) is 0 Å². The van der Waals surface area contributed by atoms with E-state index in [0.29, 0.717) is 47.6 Å². The number of rotatable bonds is 7. The van der Waals surface area contributed by atoms with Crippen molar-refractivity contribution in [2.45, 2.75) is 33.6 Å². The molecule has 3 aromatic rings. The van der Waals surface area contributed by atoms with Crippen LogP contribution in [-0.2, 0) is 9.53 Å². The summed E-state index contributed by atoms with van der Waals surface area (Å²) in [5.41, 5.74) is 2.10. The molecule has 1 N–H and O–H groups in total. The van der Waals surface area contributed by atoms with Crippen molar-refractivity contribution in [3.05, 3.63) is 34.3 Å². The topological polar surface area (TPSA) is 94.3 Å². The summed E-state index contributed by atoms with van der Waals surface area (Å²) in [5, 5.41) is 7.40. The van der Waals surface area contributed by atoms with Crippen molar-refractivity contribution in [2.24, 2.45) is 0 Å². The van der Waals surface area contributed by atoms with E-state index in [0.717, 1.165) is 9.75 Å². The lowest BCUT2D eigenvalue weighted by Gasteiger charge is -2.07. The summed E-state index contributed by atoms with van der Waals surface area (Å²) in [6.07, 6.45) is 0.782.